The van der Waals surface area contributed by atoms with Gasteiger partial charge in [-0.25, -0.2) is 15.0 Å². The summed E-state index contributed by atoms with van der Waals surface area (Å²) in [5, 5.41) is 5.49. The molecule has 104 valence electrons. The summed E-state index contributed by atoms with van der Waals surface area (Å²) < 4.78 is 0. The molecule has 0 radical (unpaired) electrons. The van der Waals surface area contributed by atoms with Gasteiger partial charge in [0.05, 0.1) is 5.02 Å². The molecule has 3 rings (SSSR count). The monoisotopic (exact) mass is 306 g/mol. The van der Waals surface area contributed by atoms with Crippen LogP contribution in [0.3, 0.4) is 0 Å². The first-order chi connectivity index (χ1) is 9.69. The van der Waals surface area contributed by atoms with E-state index in [2.05, 4.69) is 15.3 Å². The lowest BCUT2D eigenvalue weighted by Crippen LogP contribution is -2.04. The van der Waals surface area contributed by atoms with Crippen molar-refractivity contribution in [3.8, 4) is 0 Å². The lowest BCUT2D eigenvalue weighted by molar-refractivity contribution is 0.863. The van der Waals surface area contributed by atoms with Gasteiger partial charge in [-0.3, -0.25) is 0 Å². The van der Waals surface area contributed by atoms with Crippen molar-refractivity contribution in [3.05, 3.63) is 34.7 Å². The molecule has 0 bridgehead atoms. The summed E-state index contributed by atoms with van der Waals surface area (Å²) in [6.45, 7) is 2.02. The Morgan fingerprint density at radius 1 is 1.30 bits per heavy atom. The van der Waals surface area contributed by atoms with Crippen LogP contribution in [0.2, 0.25) is 5.02 Å². The number of hydrogen-bond donors (Lipinski definition) is 1. The highest BCUT2D eigenvalue weighted by Crippen LogP contribution is 2.41. The Bertz CT molecular complexity index is 643. The standard InChI is InChI=1S/C14H15ClN4S/c1-8-11(16-2)18-12(9-5-6-9)19-13(8)20-14-10(15)4-3-7-17-14/h3-4,7,9H,5-6H2,1-2H3,(H,16,18,19). The van der Waals surface area contributed by atoms with Crippen molar-refractivity contribution >= 4 is 29.2 Å². The molecule has 0 spiro atoms. The van der Waals surface area contributed by atoms with Gasteiger partial charge in [0.2, 0.25) is 0 Å². The van der Waals surface area contributed by atoms with Gasteiger partial charge in [-0.1, -0.05) is 11.6 Å². The second-order valence-corrected chi connectivity index (χ2v) is 6.16. The smallest absolute Gasteiger partial charge is 0.135 e. The number of rotatable bonds is 4. The zero-order valence-corrected chi connectivity index (χ0v) is 12.9. The minimum atomic E-state index is 0.515. The number of hydrogen-bond acceptors (Lipinski definition) is 5. The molecule has 2 heterocycles. The Kier molecular flexibility index (Phi) is 3.81. The van der Waals surface area contributed by atoms with E-state index in [4.69, 9.17) is 16.6 Å². The summed E-state index contributed by atoms with van der Waals surface area (Å²) in [4.78, 5) is 13.6. The van der Waals surface area contributed by atoms with E-state index in [0.29, 0.717) is 10.9 Å². The molecule has 1 saturated carbocycles. The lowest BCUT2D eigenvalue weighted by Gasteiger charge is -2.11. The summed E-state index contributed by atoms with van der Waals surface area (Å²) in [6, 6.07) is 3.67. The SMILES string of the molecule is CNc1nc(C2CC2)nc(Sc2ncccc2Cl)c1C. The van der Waals surface area contributed by atoms with Gasteiger partial charge in [-0.05, 0) is 43.7 Å². The maximum absolute atomic E-state index is 6.17. The maximum Gasteiger partial charge on any atom is 0.135 e. The minimum absolute atomic E-state index is 0.515. The fourth-order valence-electron chi connectivity index (χ4n) is 1.92. The van der Waals surface area contributed by atoms with Crippen LogP contribution in [0.25, 0.3) is 0 Å². The minimum Gasteiger partial charge on any atom is -0.373 e. The summed E-state index contributed by atoms with van der Waals surface area (Å²) >= 11 is 7.67. The zero-order chi connectivity index (χ0) is 14.1. The number of anilines is 1. The molecule has 2 aromatic heterocycles. The van der Waals surface area contributed by atoms with Crippen LogP contribution >= 0.6 is 23.4 Å². The van der Waals surface area contributed by atoms with E-state index in [1.807, 2.05) is 26.1 Å². The molecular weight excluding hydrogens is 292 g/mol. The molecule has 20 heavy (non-hydrogen) atoms. The highest BCUT2D eigenvalue weighted by Gasteiger charge is 2.28. The number of nitrogens with one attached hydrogen (secondary N) is 1. The average molecular weight is 307 g/mol. The number of pyridine rings is 1. The number of aromatic nitrogens is 3. The first-order valence-electron chi connectivity index (χ1n) is 6.53. The van der Waals surface area contributed by atoms with E-state index >= 15 is 0 Å². The molecule has 4 nitrogen and oxygen atoms in total. The maximum atomic E-state index is 6.17. The molecule has 1 aliphatic rings. The highest BCUT2D eigenvalue weighted by atomic mass is 35.5. The number of halogens is 1. The van der Waals surface area contributed by atoms with E-state index in [1.165, 1.54) is 24.6 Å². The molecule has 1 N–H and O–H groups in total. The molecule has 1 aliphatic carbocycles. The van der Waals surface area contributed by atoms with E-state index in [0.717, 1.165) is 27.3 Å². The third-order valence-electron chi connectivity index (χ3n) is 3.22. The van der Waals surface area contributed by atoms with Crippen molar-refractivity contribution in [3.63, 3.8) is 0 Å². The molecule has 2 aromatic rings. The Hall–Kier alpha value is -1.33. The van der Waals surface area contributed by atoms with Crippen molar-refractivity contribution in [1.82, 2.24) is 15.0 Å². The first-order valence-corrected chi connectivity index (χ1v) is 7.73. The summed E-state index contributed by atoms with van der Waals surface area (Å²) in [6.07, 6.45) is 4.10. The van der Waals surface area contributed by atoms with Crippen LogP contribution in [-0.4, -0.2) is 22.0 Å². The summed E-state index contributed by atoms with van der Waals surface area (Å²) in [7, 11) is 1.88. The van der Waals surface area contributed by atoms with Crippen LogP contribution in [0.5, 0.6) is 0 Å². The van der Waals surface area contributed by atoms with Gasteiger partial charge in [-0.2, -0.15) is 0 Å². The lowest BCUT2D eigenvalue weighted by atomic mass is 10.3. The van der Waals surface area contributed by atoms with Crippen LogP contribution in [0, 0.1) is 6.92 Å². The van der Waals surface area contributed by atoms with Gasteiger partial charge in [0, 0.05) is 24.7 Å². The van der Waals surface area contributed by atoms with Crippen LogP contribution in [-0.2, 0) is 0 Å². The van der Waals surface area contributed by atoms with Crippen molar-refractivity contribution in [2.75, 3.05) is 12.4 Å². The molecule has 0 aliphatic heterocycles. The second-order valence-electron chi connectivity index (χ2n) is 4.78. The van der Waals surface area contributed by atoms with Crippen LogP contribution < -0.4 is 5.32 Å². The van der Waals surface area contributed by atoms with Gasteiger partial charge in [0.1, 0.15) is 21.7 Å². The Balaban J connectivity index is 1.99. The summed E-state index contributed by atoms with van der Waals surface area (Å²) in [5.74, 6) is 2.33. The van der Waals surface area contributed by atoms with Crippen LogP contribution in [0.15, 0.2) is 28.4 Å². The predicted octanol–water partition coefficient (Wildman–Crippen LogP) is 3.90. The fourth-order valence-corrected chi connectivity index (χ4v) is 3.01. The van der Waals surface area contributed by atoms with Gasteiger partial charge in [0.25, 0.3) is 0 Å². The van der Waals surface area contributed by atoms with Gasteiger partial charge in [-0.15, -0.1) is 0 Å². The highest BCUT2D eigenvalue weighted by molar-refractivity contribution is 7.99. The molecule has 0 atom stereocenters. The van der Waals surface area contributed by atoms with E-state index < -0.39 is 0 Å². The van der Waals surface area contributed by atoms with Crippen molar-refractivity contribution in [2.24, 2.45) is 0 Å². The molecule has 0 amide bonds. The number of nitrogens with zero attached hydrogens (tertiary/aromatic N) is 3. The second kappa shape index (κ2) is 5.58. The first kappa shape index (κ1) is 13.6. The molecule has 0 unspecified atom stereocenters. The van der Waals surface area contributed by atoms with Gasteiger partial charge in [0.15, 0.2) is 0 Å². The molecular formula is C14H15ClN4S. The molecule has 6 heteroatoms. The van der Waals surface area contributed by atoms with Crippen LogP contribution in [0.1, 0.15) is 30.1 Å². The third kappa shape index (κ3) is 2.74. The Labute approximate surface area is 127 Å². The van der Waals surface area contributed by atoms with Gasteiger partial charge >= 0.3 is 0 Å². The Morgan fingerprint density at radius 2 is 2.10 bits per heavy atom. The molecule has 0 aromatic carbocycles. The van der Waals surface area contributed by atoms with E-state index in [1.54, 1.807) is 6.20 Å². The Morgan fingerprint density at radius 3 is 2.75 bits per heavy atom. The van der Waals surface area contributed by atoms with Crippen LogP contribution in [0.4, 0.5) is 5.82 Å². The average Bonchev–Trinajstić information content (AvgIpc) is 3.28. The predicted molar refractivity (Wildman–Crippen MR) is 81.7 cm³/mol. The zero-order valence-electron chi connectivity index (χ0n) is 11.4. The quantitative estimate of drug-likeness (QED) is 0.868. The van der Waals surface area contributed by atoms with E-state index in [9.17, 15) is 0 Å². The fraction of sp³-hybridized carbons (Fsp3) is 0.357. The molecule has 1 fully saturated rings. The van der Waals surface area contributed by atoms with Gasteiger partial charge < -0.3 is 5.32 Å². The van der Waals surface area contributed by atoms with Crippen molar-refractivity contribution < 1.29 is 0 Å². The van der Waals surface area contributed by atoms with Crippen molar-refractivity contribution in [2.45, 2.75) is 35.7 Å². The molecule has 0 saturated heterocycles. The normalized spacial score (nSPS) is 14.3. The topological polar surface area (TPSA) is 50.7 Å². The largest absolute Gasteiger partial charge is 0.373 e. The third-order valence-corrected chi connectivity index (χ3v) is 4.74. The van der Waals surface area contributed by atoms with E-state index in [-0.39, 0.29) is 0 Å². The van der Waals surface area contributed by atoms with Crippen molar-refractivity contribution in [1.29, 1.82) is 0 Å². The summed E-state index contributed by atoms with van der Waals surface area (Å²) in [5.41, 5.74) is 1.03.